The van der Waals surface area contributed by atoms with Gasteiger partial charge in [0.15, 0.2) is 0 Å². The Morgan fingerprint density at radius 1 is 0.500 bits per heavy atom. The molecule has 0 aliphatic carbocycles. The van der Waals surface area contributed by atoms with Crippen LogP contribution < -0.4 is 0 Å². The molecule has 0 saturated carbocycles. The van der Waals surface area contributed by atoms with Gasteiger partial charge >= 0.3 is 0 Å². The third-order valence-corrected chi connectivity index (χ3v) is 8.01. The first-order valence-corrected chi connectivity index (χ1v) is 14.7. The van der Waals surface area contributed by atoms with Crippen LogP contribution in [-0.4, -0.2) is 0 Å². The van der Waals surface area contributed by atoms with Crippen LogP contribution in [0.25, 0.3) is 67.2 Å². The van der Waals surface area contributed by atoms with Gasteiger partial charge in [-0.15, -0.1) is 0 Å². The van der Waals surface area contributed by atoms with E-state index in [1.807, 2.05) is 0 Å². The molecule has 0 amide bonds. The zero-order valence-electron chi connectivity index (χ0n) is 22.8. The van der Waals surface area contributed by atoms with E-state index < -0.39 is 0 Å². The lowest BCUT2D eigenvalue weighted by Crippen LogP contribution is -1.96. The Labute approximate surface area is 225 Å². The van der Waals surface area contributed by atoms with Crippen molar-refractivity contribution >= 4 is 56.0 Å². The molecule has 0 atom stereocenters. The van der Waals surface area contributed by atoms with Crippen LogP contribution in [0.5, 0.6) is 0 Å². The molecule has 38 heavy (non-hydrogen) atoms. The molecule has 0 N–H and O–H groups in total. The summed E-state index contributed by atoms with van der Waals surface area (Å²) in [5.41, 5.74) is 8.51. The number of benzene rings is 4. The van der Waals surface area contributed by atoms with Crippen molar-refractivity contribution in [2.75, 3.05) is 0 Å². The number of hydrogen-bond acceptors (Lipinski definition) is 2. The van der Waals surface area contributed by atoms with E-state index >= 15 is 0 Å². The minimum Gasteiger partial charge on any atom is -0.456 e. The van der Waals surface area contributed by atoms with Crippen molar-refractivity contribution in [2.45, 2.75) is 78.1 Å². The van der Waals surface area contributed by atoms with Crippen LogP contribution in [0.15, 0.2) is 69.5 Å². The molecule has 2 aliphatic heterocycles. The molecule has 0 fully saturated rings. The summed E-state index contributed by atoms with van der Waals surface area (Å²) < 4.78 is 13.1. The molecule has 0 bridgehead atoms. The van der Waals surface area contributed by atoms with Gasteiger partial charge in [0.25, 0.3) is 0 Å². The van der Waals surface area contributed by atoms with Crippen LogP contribution in [-0.2, 0) is 0 Å². The van der Waals surface area contributed by atoms with Gasteiger partial charge in [0.1, 0.15) is 22.3 Å². The van der Waals surface area contributed by atoms with Crippen LogP contribution in [0.2, 0.25) is 0 Å². The Balaban J connectivity index is 1.44. The largest absolute Gasteiger partial charge is 0.456 e. The summed E-state index contributed by atoms with van der Waals surface area (Å²) in [5.74, 6) is 0. The zero-order valence-corrected chi connectivity index (χ0v) is 22.8. The summed E-state index contributed by atoms with van der Waals surface area (Å²) in [6.07, 6.45) is 21.8. The number of unbranched alkanes of at least 4 members (excludes halogenated alkanes) is 8. The first kappa shape index (κ1) is 24.8. The summed E-state index contributed by atoms with van der Waals surface area (Å²) >= 11 is 0. The lowest BCUT2D eigenvalue weighted by atomic mass is 9.88. The quantitative estimate of drug-likeness (QED) is 0.0944. The first-order valence-electron chi connectivity index (χ1n) is 14.7. The predicted octanol–water partition coefficient (Wildman–Crippen LogP) is 12.0. The summed E-state index contributed by atoms with van der Waals surface area (Å²) in [7, 11) is 0. The first-order chi connectivity index (χ1) is 18.8. The molecule has 2 aliphatic rings. The van der Waals surface area contributed by atoms with Gasteiger partial charge in [0.2, 0.25) is 0 Å². The Morgan fingerprint density at radius 2 is 0.947 bits per heavy atom. The molecule has 2 nitrogen and oxygen atoms in total. The third kappa shape index (κ3) is 4.51. The van der Waals surface area contributed by atoms with E-state index in [9.17, 15) is 0 Å². The summed E-state index contributed by atoms with van der Waals surface area (Å²) in [6, 6.07) is 17.3. The van der Waals surface area contributed by atoms with Crippen molar-refractivity contribution in [1.82, 2.24) is 0 Å². The fourth-order valence-corrected chi connectivity index (χ4v) is 6.00. The minimum atomic E-state index is 0.916. The van der Waals surface area contributed by atoms with Crippen molar-refractivity contribution < 1.29 is 8.83 Å². The van der Waals surface area contributed by atoms with Crippen LogP contribution in [0, 0.1) is 0 Å². The highest BCUT2D eigenvalue weighted by molar-refractivity contribution is 6.24. The third-order valence-electron chi connectivity index (χ3n) is 8.01. The second kappa shape index (κ2) is 11.1. The van der Waals surface area contributed by atoms with Gasteiger partial charge in [0, 0.05) is 21.9 Å². The summed E-state index contributed by atoms with van der Waals surface area (Å²) in [4.78, 5) is 0. The maximum Gasteiger partial charge on any atom is 0.136 e. The van der Waals surface area contributed by atoms with Crippen LogP contribution in [0.3, 0.4) is 0 Å². The molecule has 2 heteroatoms. The number of rotatable bonds is 12. The number of allylic oxidation sites excluding steroid dienone is 2. The SMILES string of the molecule is CCCCCCC=Cc1ccc2oc3ccc4c(C=CCCCCCC)ccc5oc6ccc1c2c6-c3c54. The van der Waals surface area contributed by atoms with Crippen LogP contribution >= 0.6 is 0 Å². The maximum absolute atomic E-state index is 6.54. The number of hydrogen-bond donors (Lipinski definition) is 0. The molecule has 0 radical (unpaired) electrons. The van der Waals surface area contributed by atoms with E-state index in [1.165, 1.54) is 84.4 Å². The summed E-state index contributed by atoms with van der Waals surface area (Å²) in [6.45, 7) is 4.52. The van der Waals surface area contributed by atoms with Crippen LogP contribution in [0.1, 0.15) is 89.2 Å². The van der Waals surface area contributed by atoms with E-state index in [0.717, 1.165) is 45.9 Å². The van der Waals surface area contributed by atoms with Gasteiger partial charge < -0.3 is 8.83 Å². The molecule has 6 rings (SSSR count). The van der Waals surface area contributed by atoms with E-state index in [-0.39, 0.29) is 0 Å². The van der Waals surface area contributed by atoms with E-state index in [2.05, 4.69) is 86.7 Å². The van der Waals surface area contributed by atoms with Gasteiger partial charge in [-0.25, -0.2) is 0 Å². The fraction of sp³-hybridized carbons (Fsp3) is 0.333. The minimum absolute atomic E-state index is 0.916. The normalized spacial score (nSPS) is 12.8. The average Bonchev–Trinajstić information content (AvgIpc) is 2.95. The molecule has 0 spiro atoms. The van der Waals surface area contributed by atoms with Crippen LogP contribution in [0.4, 0.5) is 0 Å². The molecular weight excluding hydrogens is 464 g/mol. The zero-order chi connectivity index (χ0) is 25.9. The predicted molar refractivity (Wildman–Crippen MR) is 164 cm³/mol. The Kier molecular flexibility index (Phi) is 7.22. The standard InChI is InChI=1S/C36H38O2/c1-3-5-7-9-11-13-15-25-17-21-29-33-27(25)19-23-31-35(33)36-32(37-29)24-20-28-26(16-14-12-10-8-6-4-2)18-22-30(38-31)34(28)36/h13-24H,3-12H2,1-2H3. The van der Waals surface area contributed by atoms with Crippen molar-refractivity contribution in [2.24, 2.45) is 0 Å². The molecule has 4 aromatic carbocycles. The van der Waals surface area contributed by atoms with Gasteiger partial charge in [-0.1, -0.05) is 88.8 Å². The van der Waals surface area contributed by atoms with Gasteiger partial charge in [-0.05, 0) is 84.0 Å². The van der Waals surface area contributed by atoms with Crippen molar-refractivity contribution in [3.8, 4) is 11.1 Å². The highest BCUT2D eigenvalue weighted by atomic mass is 16.3. The van der Waals surface area contributed by atoms with Gasteiger partial charge in [-0.3, -0.25) is 0 Å². The fourth-order valence-electron chi connectivity index (χ4n) is 6.00. The Morgan fingerprint density at radius 3 is 1.39 bits per heavy atom. The Bertz CT molecular complexity index is 1560. The second-order valence-electron chi connectivity index (χ2n) is 10.7. The van der Waals surface area contributed by atoms with Crippen molar-refractivity contribution in [1.29, 1.82) is 0 Å². The van der Waals surface area contributed by atoms with Gasteiger partial charge in [0.05, 0.1) is 0 Å². The molecule has 0 unspecified atom stereocenters. The molecule has 0 aromatic heterocycles. The topological polar surface area (TPSA) is 26.3 Å². The molecule has 2 heterocycles. The lowest BCUT2D eigenvalue weighted by Gasteiger charge is -2.20. The smallest absolute Gasteiger partial charge is 0.136 e. The van der Waals surface area contributed by atoms with Gasteiger partial charge in [-0.2, -0.15) is 0 Å². The highest BCUT2D eigenvalue weighted by Gasteiger charge is 2.25. The monoisotopic (exact) mass is 502 g/mol. The van der Waals surface area contributed by atoms with E-state index in [0.29, 0.717) is 0 Å². The van der Waals surface area contributed by atoms with E-state index in [4.69, 9.17) is 8.83 Å². The molecule has 4 aromatic rings. The van der Waals surface area contributed by atoms with E-state index in [1.54, 1.807) is 0 Å². The Hall–Kier alpha value is -3.52. The highest BCUT2D eigenvalue weighted by Crippen LogP contribution is 2.49. The molecule has 0 saturated heterocycles. The molecule has 194 valence electrons. The second-order valence-corrected chi connectivity index (χ2v) is 10.7. The van der Waals surface area contributed by atoms with Crippen molar-refractivity contribution in [3.05, 3.63) is 71.8 Å². The maximum atomic E-state index is 6.54. The lowest BCUT2D eigenvalue weighted by molar-refractivity contribution is 0.646. The summed E-state index contributed by atoms with van der Waals surface area (Å²) in [5, 5.41) is 4.78. The average molecular weight is 503 g/mol. The molecular formula is C36H38O2. The van der Waals surface area contributed by atoms with Crippen molar-refractivity contribution in [3.63, 3.8) is 0 Å².